The molecule has 18 heavy (non-hydrogen) atoms. The van der Waals surface area contributed by atoms with Gasteiger partial charge < -0.3 is 15.2 Å². The molecule has 2 N–H and O–H groups in total. The van der Waals surface area contributed by atoms with Crippen LogP contribution in [0.2, 0.25) is 0 Å². The van der Waals surface area contributed by atoms with Crippen molar-refractivity contribution in [3.05, 3.63) is 0 Å². The zero-order valence-corrected chi connectivity index (χ0v) is 12.0. The number of hydrogen-bond acceptors (Lipinski definition) is 4. The van der Waals surface area contributed by atoms with Gasteiger partial charge in [0.05, 0.1) is 12.7 Å². The van der Waals surface area contributed by atoms with E-state index in [9.17, 15) is 9.90 Å². The molecule has 1 aliphatic carbocycles. The summed E-state index contributed by atoms with van der Waals surface area (Å²) in [5.74, 6) is 0.605. The van der Waals surface area contributed by atoms with Crippen LogP contribution in [0.15, 0.2) is 0 Å². The van der Waals surface area contributed by atoms with Crippen LogP contribution < -0.4 is 5.32 Å². The van der Waals surface area contributed by atoms with Gasteiger partial charge in [-0.05, 0) is 37.5 Å². The molecular weight excluding hydrogens is 230 g/mol. The van der Waals surface area contributed by atoms with E-state index in [-0.39, 0.29) is 17.9 Å². The summed E-state index contributed by atoms with van der Waals surface area (Å²) in [5.41, 5.74) is -0.659. The predicted molar refractivity (Wildman–Crippen MR) is 71.2 cm³/mol. The largest absolute Gasteiger partial charge is 0.468 e. The number of hydrogen-bond donors (Lipinski definition) is 2. The molecule has 0 aromatic carbocycles. The van der Waals surface area contributed by atoms with Crippen LogP contribution in [0, 0.1) is 11.8 Å². The molecule has 106 valence electrons. The van der Waals surface area contributed by atoms with Crippen LogP contribution in [0.25, 0.3) is 0 Å². The Morgan fingerprint density at radius 2 is 2.00 bits per heavy atom. The summed E-state index contributed by atoms with van der Waals surface area (Å²) in [6, 6.07) is -0.335. The molecule has 4 heteroatoms. The third kappa shape index (κ3) is 4.25. The van der Waals surface area contributed by atoms with Gasteiger partial charge in [-0.1, -0.05) is 20.8 Å². The Morgan fingerprint density at radius 1 is 1.44 bits per heavy atom. The quantitative estimate of drug-likeness (QED) is 0.736. The van der Waals surface area contributed by atoms with Gasteiger partial charge in [-0.15, -0.1) is 0 Å². The summed E-state index contributed by atoms with van der Waals surface area (Å²) in [7, 11) is 1.40. The van der Waals surface area contributed by atoms with E-state index >= 15 is 0 Å². The van der Waals surface area contributed by atoms with Gasteiger partial charge in [0, 0.05) is 6.54 Å². The Kier molecular flexibility index (Phi) is 5.60. The second-order valence-electron chi connectivity index (χ2n) is 6.03. The monoisotopic (exact) mass is 257 g/mol. The number of carbonyl (C=O) groups excluding carboxylic acids is 1. The second kappa shape index (κ2) is 6.53. The van der Waals surface area contributed by atoms with Crippen LogP contribution in [0.5, 0.6) is 0 Å². The number of carbonyl (C=O) groups is 1. The van der Waals surface area contributed by atoms with Gasteiger partial charge in [-0.2, -0.15) is 0 Å². The average Bonchev–Trinajstić information content (AvgIpc) is 2.33. The number of rotatable bonds is 5. The lowest BCUT2D eigenvalue weighted by Gasteiger charge is -2.36. The van der Waals surface area contributed by atoms with Crippen molar-refractivity contribution in [3.63, 3.8) is 0 Å². The van der Waals surface area contributed by atoms with Gasteiger partial charge in [0.2, 0.25) is 0 Å². The van der Waals surface area contributed by atoms with E-state index in [0.717, 1.165) is 25.7 Å². The van der Waals surface area contributed by atoms with Crippen molar-refractivity contribution >= 4 is 5.97 Å². The highest BCUT2D eigenvalue weighted by molar-refractivity contribution is 5.75. The number of methoxy groups -OCH3 is 1. The Labute approximate surface area is 110 Å². The molecule has 1 saturated carbocycles. The molecule has 1 atom stereocenters. The highest BCUT2D eigenvalue weighted by Crippen LogP contribution is 2.31. The fourth-order valence-electron chi connectivity index (χ4n) is 2.49. The molecule has 0 aliphatic heterocycles. The Bertz CT molecular complexity index is 270. The lowest BCUT2D eigenvalue weighted by molar-refractivity contribution is -0.144. The predicted octanol–water partition coefficient (Wildman–Crippen LogP) is 1.71. The van der Waals surface area contributed by atoms with Crippen LogP contribution >= 0.6 is 0 Å². The maximum atomic E-state index is 11.6. The van der Waals surface area contributed by atoms with Crippen molar-refractivity contribution < 1.29 is 14.6 Å². The molecule has 0 amide bonds. The number of nitrogens with one attached hydrogen (secondary N) is 1. The smallest absolute Gasteiger partial charge is 0.323 e. The number of ether oxygens (including phenoxy) is 1. The minimum absolute atomic E-state index is 0.156. The van der Waals surface area contributed by atoms with E-state index in [1.54, 1.807) is 0 Å². The first-order valence-corrected chi connectivity index (χ1v) is 6.91. The molecule has 0 saturated heterocycles. The topological polar surface area (TPSA) is 58.6 Å². The molecule has 1 fully saturated rings. The van der Waals surface area contributed by atoms with Crippen molar-refractivity contribution in [2.75, 3.05) is 13.7 Å². The SMILES string of the molecule is COC(=O)[C@H](NCC1(O)CCC(C)CC1)C(C)C. The van der Waals surface area contributed by atoms with Crippen molar-refractivity contribution in [2.45, 2.75) is 58.1 Å². The summed E-state index contributed by atoms with van der Waals surface area (Å²) in [6.07, 6.45) is 3.74. The summed E-state index contributed by atoms with van der Waals surface area (Å²) in [4.78, 5) is 11.6. The lowest BCUT2D eigenvalue weighted by Crippen LogP contribution is -2.50. The van der Waals surface area contributed by atoms with Crippen molar-refractivity contribution in [1.82, 2.24) is 5.32 Å². The average molecular weight is 257 g/mol. The first-order chi connectivity index (χ1) is 8.38. The normalized spacial score (nSPS) is 30.2. The van der Waals surface area contributed by atoms with Crippen LogP contribution in [-0.4, -0.2) is 36.4 Å². The first-order valence-electron chi connectivity index (χ1n) is 6.91. The minimum Gasteiger partial charge on any atom is -0.468 e. The Morgan fingerprint density at radius 3 is 2.44 bits per heavy atom. The first kappa shape index (κ1) is 15.4. The molecule has 1 aliphatic rings. The maximum Gasteiger partial charge on any atom is 0.323 e. The zero-order valence-electron chi connectivity index (χ0n) is 12.0. The molecule has 4 nitrogen and oxygen atoms in total. The molecule has 0 unspecified atom stereocenters. The minimum atomic E-state index is -0.659. The van der Waals surface area contributed by atoms with Crippen molar-refractivity contribution in [2.24, 2.45) is 11.8 Å². The van der Waals surface area contributed by atoms with Gasteiger partial charge in [-0.25, -0.2) is 0 Å². The van der Waals surface area contributed by atoms with Crippen LogP contribution in [-0.2, 0) is 9.53 Å². The molecule has 0 aromatic rings. The Hall–Kier alpha value is -0.610. The number of esters is 1. The maximum absolute atomic E-state index is 11.6. The molecule has 0 heterocycles. The number of aliphatic hydroxyl groups is 1. The molecule has 0 spiro atoms. The summed E-state index contributed by atoms with van der Waals surface area (Å²) >= 11 is 0. The Balaban J connectivity index is 2.49. The third-order valence-electron chi connectivity index (χ3n) is 3.98. The van der Waals surface area contributed by atoms with Gasteiger partial charge in [-0.3, -0.25) is 4.79 Å². The zero-order chi connectivity index (χ0) is 13.8. The second-order valence-corrected chi connectivity index (χ2v) is 6.03. The summed E-state index contributed by atoms with van der Waals surface area (Å²) < 4.78 is 4.78. The lowest BCUT2D eigenvalue weighted by atomic mass is 9.79. The van der Waals surface area contributed by atoms with E-state index in [1.165, 1.54) is 7.11 Å². The van der Waals surface area contributed by atoms with Gasteiger partial charge in [0.25, 0.3) is 0 Å². The highest BCUT2D eigenvalue weighted by atomic mass is 16.5. The van der Waals surface area contributed by atoms with E-state index < -0.39 is 5.60 Å². The van der Waals surface area contributed by atoms with Crippen molar-refractivity contribution in [1.29, 1.82) is 0 Å². The van der Waals surface area contributed by atoms with E-state index in [0.29, 0.717) is 12.5 Å². The van der Waals surface area contributed by atoms with E-state index in [4.69, 9.17) is 4.74 Å². The van der Waals surface area contributed by atoms with Gasteiger partial charge in [0.1, 0.15) is 6.04 Å². The van der Waals surface area contributed by atoms with Gasteiger partial charge in [0.15, 0.2) is 0 Å². The third-order valence-corrected chi connectivity index (χ3v) is 3.98. The van der Waals surface area contributed by atoms with Crippen LogP contribution in [0.4, 0.5) is 0 Å². The van der Waals surface area contributed by atoms with Crippen LogP contribution in [0.3, 0.4) is 0 Å². The van der Waals surface area contributed by atoms with Crippen molar-refractivity contribution in [3.8, 4) is 0 Å². The summed E-state index contributed by atoms with van der Waals surface area (Å²) in [5, 5.41) is 13.6. The van der Waals surface area contributed by atoms with Crippen LogP contribution in [0.1, 0.15) is 46.5 Å². The van der Waals surface area contributed by atoms with Gasteiger partial charge >= 0.3 is 5.97 Å². The molecule has 0 aromatic heterocycles. The fraction of sp³-hybridized carbons (Fsp3) is 0.929. The molecular formula is C14H27NO3. The molecule has 0 radical (unpaired) electrons. The molecule has 1 rings (SSSR count). The van der Waals surface area contributed by atoms with E-state index in [2.05, 4.69) is 12.2 Å². The highest BCUT2D eigenvalue weighted by Gasteiger charge is 2.33. The summed E-state index contributed by atoms with van der Waals surface area (Å²) in [6.45, 7) is 6.64. The fourth-order valence-corrected chi connectivity index (χ4v) is 2.49. The van der Waals surface area contributed by atoms with E-state index in [1.807, 2.05) is 13.8 Å². The molecule has 0 bridgehead atoms. The standard InChI is InChI=1S/C14H27NO3/c1-10(2)12(13(16)18-4)15-9-14(17)7-5-11(3)6-8-14/h10-12,15,17H,5-9H2,1-4H3/t11?,12-,14?/m1/s1.